The van der Waals surface area contributed by atoms with Crippen LogP contribution in [0.25, 0.3) is 0 Å². The molecule has 0 aromatic rings. The number of thioether (sulfide) groups is 1. The highest BCUT2D eigenvalue weighted by Gasteiger charge is 2.39. The summed E-state index contributed by atoms with van der Waals surface area (Å²) in [6, 6.07) is 0.243. The van der Waals surface area contributed by atoms with Crippen molar-refractivity contribution in [3.63, 3.8) is 0 Å². The lowest BCUT2D eigenvalue weighted by molar-refractivity contribution is -0.153. The Kier molecular flexibility index (Phi) is 4.54. The number of carbonyl (C=O) groups excluding carboxylic acids is 1. The van der Waals surface area contributed by atoms with E-state index in [1.165, 1.54) is 0 Å². The number of amides is 1. The molecule has 0 radical (unpaired) electrons. The van der Waals surface area contributed by atoms with Gasteiger partial charge in [-0.25, -0.2) is 0 Å². The first-order valence-electron chi connectivity index (χ1n) is 6.72. The minimum absolute atomic E-state index is 0.0786. The Labute approximate surface area is 112 Å². The van der Waals surface area contributed by atoms with Crippen molar-refractivity contribution in [2.45, 2.75) is 38.6 Å². The van der Waals surface area contributed by atoms with E-state index in [1.807, 2.05) is 16.7 Å². The molecule has 1 amide bonds. The summed E-state index contributed by atoms with van der Waals surface area (Å²) >= 11 is 1.87. The van der Waals surface area contributed by atoms with Gasteiger partial charge in [-0.05, 0) is 19.8 Å². The van der Waals surface area contributed by atoms with Crippen molar-refractivity contribution in [3.05, 3.63) is 0 Å². The largest absolute Gasteiger partial charge is 0.481 e. The van der Waals surface area contributed by atoms with Crippen LogP contribution in [-0.2, 0) is 9.59 Å². The Morgan fingerprint density at radius 1 is 1.22 bits per heavy atom. The maximum Gasteiger partial charge on any atom is 0.307 e. The van der Waals surface area contributed by atoms with Crippen LogP contribution in [0.5, 0.6) is 0 Å². The van der Waals surface area contributed by atoms with Gasteiger partial charge in [-0.15, -0.1) is 0 Å². The summed E-state index contributed by atoms with van der Waals surface area (Å²) in [6.45, 7) is 2.83. The normalized spacial score (nSPS) is 33.2. The molecule has 1 N–H and O–H groups in total. The number of carboxylic acid groups (broad SMARTS) is 1. The minimum atomic E-state index is -0.799. The first-order valence-corrected chi connectivity index (χ1v) is 7.87. The highest BCUT2D eigenvalue weighted by Crippen LogP contribution is 2.33. The SMILES string of the molecule is CC1CSCCN1C(=O)[C@@H]1CCCC[C@@H]1C(=O)O. The average Bonchev–Trinajstić information content (AvgIpc) is 2.38. The van der Waals surface area contributed by atoms with E-state index in [2.05, 4.69) is 6.92 Å². The van der Waals surface area contributed by atoms with Gasteiger partial charge in [0, 0.05) is 24.1 Å². The fourth-order valence-electron chi connectivity index (χ4n) is 2.99. The van der Waals surface area contributed by atoms with Gasteiger partial charge in [0.05, 0.1) is 11.8 Å². The minimum Gasteiger partial charge on any atom is -0.481 e. The summed E-state index contributed by atoms with van der Waals surface area (Å²) in [5, 5.41) is 9.25. The Morgan fingerprint density at radius 2 is 1.89 bits per heavy atom. The molecule has 4 nitrogen and oxygen atoms in total. The summed E-state index contributed by atoms with van der Waals surface area (Å²) < 4.78 is 0. The highest BCUT2D eigenvalue weighted by atomic mass is 32.2. The summed E-state index contributed by atoms with van der Waals surface area (Å²) in [7, 11) is 0. The van der Waals surface area contributed by atoms with E-state index in [0.717, 1.165) is 37.3 Å². The lowest BCUT2D eigenvalue weighted by atomic mass is 9.78. The standard InChI is InChI=1S/C13H21NO3S/c1-9-8-18-7-6-14(9)12(15)10-4-2-3-5-11(10)13(16)17/h9-11H,2-8H2,1H3,(H,16,17)/t9?,10-,11+/m1/s1. The highest BCUT2D eigenvalue weighted by molar-refractivity contribution is 7.99. The van der Waals surface area contributed by atoms with Crippen molar-refractivity contribution in [2.75, 3.05) is 18.1 Å². The van der Waals surface area contributed by atoms with Crippen LogP contribution in [0.2, 0.25) is 0 Å². The van der Waals surface area contributed by atoms with Crippen molar-refractivity contribution >= 4 is 23.6 Å². The third kappa shape index (κ3) is 2.82. The molecule has 1 aliphatic heterocycles. The predicted molar refractivity (Wildman–Crippen MR) is 71.6 cm³/mol. The van der Waals surface area contributed by atoms with E-state index < -0.39 is 11.9 Å². The summed E-state index contributed by atoms with van der Waals surface area (Å²) in [5.74, 6) is 0.466. The van der Waals surface area contributed by atoms with Gasteiger partial charge in [0.15, 0.2) is 0 Å². The number of nitrogens with zero attached hydrogens (tertiary/aromatic N) is 1. The zero-order chi connectivity index (χ0) is 13.1. The van der Waals surface area contributed by atoms with E-state index in [4.69, 9.17) is 0 Å². The van der Waals surface area contributed by atoms with E-state index in [9.17, 15) is 14.7 Å². The number of rotatable bonds is 2. The molecule has 0 spiro atoms. The van der Waals surface area contributed by atoms with Gasteiger partial charge in [0.1, 0.15) is 0 Å². The number of carboxylic acids is 1. The van der Waals surface area contributed by atoms with Crippen LogP contribution in [0.1, 0.15) is 32.6 Å². The lowest BCUT2D eigenvalue weighted by Gasteiger charge is -2.38. The topological polar surface area (TPSA) is 57.6 Å². The van der Waals surface area contributed by atoms with E-state index in [-0.39, 0.29) is 17.9 Å². The summed E-state index contributed by atoms with van der Waals surface area (Å²) in [6.07, 6.45) is 3.32. The molecule has 0 bridgehead atoms. The number of hydrogen-bond acceptors (Lipinski definition) is 3. The molecular weight excluding hydrogens is 250 g/mol. The molecule has 1 heterocycles. The van der Waals surface area contributed by atoms with Crippen LogP contribution in [0, 0.1) is 11.8 Å². The number of carbonyl (C=O) groups is 2. The van der Waals surface area contributed by atoms with Crippen LogP contribution in [-0.4, -0.2) is 46.0 Å². The van der Waals surface area contributed by atoms with Crippen LogP contribution < -0.4 is 0 Å². The number of hydrogen-bond donors (Lipinski definition) is 1. The van der Waals surface area contributed by atoms with Crippen LogP contribution in [0.4, 0.5) is 0 Å². The third-order valence-corrected chi connectivity index (χ3v) is 5.24. The zero-order valence-corrected chi connectivity index (χ0v) is 11.6. The number of aliphatic carboxylic acids is 1. The quantitative estimate of drug-likeness (QED) is 0.832. The molecule has 102 valence electrons. The van der Waals surface area contributed by atoms with Crippen molar-refractivity contribution in [1.82, 2.24) is 4.90 Å². The van der Waals surface area contributed by atoms with E-state index >= 15 is 0 Å². The molecule has 5 heteroatoms. The monoisotopic (exact) mass is 271 g/mol. The van der Waals surface area contributed by atoms with Gasteiger partial charge in [-0.3, -0.25) is 9.59 Å². The Bertz CT molecular complexity index is 334. The van der Waals surface area contributed by atoms with Crippen molar-refractivity contribution in [1.29, 1.82) is 0 Å². The van der Waals surface area contributed by atoms with Crippen LogP contribution >= 0.6 is 11.8 Å². The second-order valence-corrected chi connectivity index (χ2v) is 6.44. The smallest absolute Gasteiger partial charge is 0.307 e. The zero-order valence-electron chi connectivity index (χ0n) is 10.8. The van der Waals surface area contributed by atoms with Gasteiger partial charge < -0.3 is 10.0 Å². The molecule has 1 unspecified atom stereocenters. The Balaban J connectivity index is 2.07. The summed E-state index contributed by atoms with van der Waals surface area (Å²) in [5.41, 5.74) is 0. The molecule has 0 aromatic heterocycles. The second-order valence-electron chi connectivity index (χ2n) is 5.29. The van der Waals surface area contributed by atoms with Gasteiger partial charge in [0.2, 0.25) is 5.91 Å². The van der Waals surface area contributed by atoms with Gasteiger partial charge in [-0.2, -0.15) is 11.8 Å². The second kappa shape index (κ2) is 5.95. The predicted octanol–water partition coefficient (Wildman–Crippen LogP) is 1.84. The Hall–Kier alpha value is -0.710. The van der Waals surface area contributed by atoms with Crippen LogP contribution in [0.15, 0.2) is 0 Å². The first kappa shape index (κ1) is 13.7. The van der Waals surface area contributed by atoms with Gasteiger partial charge in [0.25, 0.3) is 0 Å². The molecule has 0 aromatic carbocycles. The fraction of sp³-hybridized carbons (Fsp3) is 0.846. The van der Waals surface area contributed by atoms with Crippen molar-refractivity contribution < 1.29 is 14.7 Å². The molecule has 2 rings (SSSR count). The van der Waals surface area contributed by atoms with Crippen LogP contribution in [0.3, 0.4) is 0 Å². The Morgan fingerprint density at radius 3 is 2.50 bits per heavy atom. The van der Waals surface area contributed by atoms with E-state index in [1.54, 1.807) is 0 Å². The molecule has 1 aliphatic carbocycles. The third-order valence-electron chi connectivity index (χ3n) is 4.05. The molecule has 2 aliphatic rings. The molecule has 1 saturated carbocycles. The van der Waals surface area contributed by atoms with Gasteiger partial charge >= 0.3 is 5.97 Å². The van der Waals surface area contributed by atoms with Crippen molar-refractivity contribution in [3.8, 4) is 0 Å². The molecule has 3 atom stereocenters. The maximum absolute atomic E-state index is 12.5. The molecular formula is C13H21NO3S. The van der Waals surface area contributed by atoms with E-state index in [0.29, 0.717) is 6.42 Å². The molecule has 2 fully saturated rings. The lowest BCUT2D eigenvalue weighted by Crippen LogP contribution is -2.49. The average molecular weight is 271 g/mol. The van der Waals surface area contributed by atoms with Gasteiger partial charge in [-0.1, -0.05) is 12.8 Å². The fourth-order valence-corrected chi connectivity index (χ4v) is 4.00. The maximum atomic E-state index is 12.5. The van der Waals surface area contributed by atoms with Crippen molar-refractivity contribution in [2.24, 2.45) is 11.8 Å². The summed E-state index contributed by atoms with van der Waals surface area (Å²) in [4.78, 5) is 25.7. The first-order chi connectivity index (χ1) is 8.61. The molecule has 1 saturated heterocycles. The molecule has 18 heavy (non-hydrogen) atoms.